The molecule has 0 fully saturated rings. The van der Waals surface area contributed by atoms with Crippen LogP contribution < -0.4 is 0 Å². The summed E-state index contributed by atoms with van der Waals surface area (Å²) in [4.78, 5) is 10.1. The number of hydrogen-bond acceptors (Lipinski definition) is 3. The Hall–Kier alpha value is -1.64. The van der Waals surface area contributed by atoms with E-state index in [1.807, 2.05) is 37.8 Å². The van der Waals surface area contributed by atoms with Crippen molar-refractivity contribution >= 4 is 37.8 Å². The molecule has 24 heavy (non-hydrogen) atoms. The van der Waals surface area contributed by atoms with E-state index in [1.54, 1.807) is 30.3 Å². The van der Waals surface area contributed by atoms with Gasteiger partial charge in [-0.2, -0.15) is 5.26 Å². The fourth-order valence-electron chi connectivity index (χ4n) is 1.77. The van der Waals surface area contributed by atoms with Gasteiger partial charge in [-0.3, -0.25) is 4.79 Å². The molecule has 2 aromatic carbocycles. The Balaban J connectivity index is 0.000000272. The summed E-state index contributed by atoms with van der Waals surface area (Å²) >= 11 is 11.6. The molecule has 0 radical (unpaired) electrons. The quantitative estimate of drug-likeness (QED) is 0.489. The van der Waals surface area contributed by atoms with Crippen LogP contribution in [0.2, 0.25) is 29.7 Å². The molecule has 0 bridgehead atoms. The fraction of sp³-hybridized carbons (Fsp3) is 0.222. The topological polar surface area (TPSA) is 50.1 Å². The van der Waals surface area contributed by atoms with Gasteiger partial charge in [0, 0.05) is 16.1 Å². The molecule has 0 unspecified atom stereocenters. The third kappa shape index (κ3) is 6.86. The van der Waals surface area contributed by atoms with Crippen molar-refractivity contribution in [3.8, 4) is 6.07 Å². The molecule has 2 aromatic rings. The summed E-state index contributed by atoms with van der Waals surface area (Å²) < 4.78 is 5.75. The lowest BCUT2D eigenvalue weighted by Gasteiger charge is -2.22. The zero-order valence-corrected chi connectivity index (χ0v) is 16.3. The number of halogens is 2. The minimum absolute atomic E-state index is 0.507. The van der Waals surface area contributed by atoms with Crippen LogP contribution in [0.4, 0.5) is 0 Å². The summed E-state index contributed by atoms with van der Waals surface area (Å²) in [5, 5.41) is 10.1. The number of nitrogens with zero attached hydrogens (tertiary/aromatic N) is 1. The second-order valence-electron chi connectivity index (χ2n) is 5.90. The van der Waals surface area contributed by atoms with Gasteiger partial charge in [0.1, 0.15) is 0 Å². The molecule has 0 amide bonds. The fourth-order valence-corrected chi connectivity index (χ4v) is 3.07. The molecule has 0 aliphatic rings. The third-order valence-corrected chi connectivity index (χ3v) is 4.44. The minimum Gasteiger partial charge on any atom is -0.399 e. The largest absolute Gasteiger partial charge is 0.399 e. The van der Waals surface area contributed by atoms with Gasteiger partial charge in [-0.05, 0) is 31.8 Å². The lowest BCUT2D eigenvalue weighted by molar-refractivity contribution is 0.112. The predicted octanol–water partition coefficient (Wildman–Crippen LogP) is 5.91. The van der Waals surface area contributed by atoms with Gasteiger partial charge in [-0.25, -0.2) is 0 Å². The molecule has 0 saturated carbocycles. The van der Waals surface area contributed by atoms with E-state index in [9.17, 15) is 4.79 Å². The zero-order chi connectivity index (χ0) is 18.2. The van der Waals surface area contributed by atoms with Crippen LogP contribution in [0.15, 0.2) is 48.5 Å². The number of nitriles is 1. The first-order valence-electron chi connectivity index (χ1n) is 7.30. The third-order valence-electron chi connectivity index (χ3n) is 2.81. The molecule has 0 spiro atoms. The highest BCUT2D eigenvalue weighted by Gasteiger charge is 2.23. The van der Waals surface area contributed by atoms with Crippen molar-refractivity contribution in [1.29, 1.82) is 5.26 Å². The first-order chi connectivity index (χ1) is 11.3. The minimum atomic E-state index is -1.73. The summed E-state index contributed by atoms with van der Waals surface area (Å²) in [6, 6.07) is 16.4. The maximum absolute atomic E-state index is 10.1. The Kier molecular flexibility index (Phi) is 8.16. The standard InChI is InChI=1S/C11H14ClNOSi.C7H5ClO/c1-15(2,3)14-11(8-13)9-6-4-5-7-10(9)12;8-7-4-2-1-3-6(7)5-9/h4-7,11H,1-3H3;1-5H/t11-;/m0./s1. The number of hydrogen-bond donors (Lipinski definition) is 0. The molecular weight excluding hydrogens is 361 g/mol. The van der Waals surface area contributed by atoms with E-state index in [0.717, 1.165) is 11.8 Å². The molecule has 6 heteroatoms. The van der Waals surface area contributed by atoms with E-state index in [1.165, 1.54) is 0 Å². The van der Waals surface area contributed by atoms with E-state index in [4.69, 9.17) is 32.9 Å². The van der Waals surface area contributed by atoms with Crippen LogP contribution in [0.5, 0.6) is 0 Å². The maximum atomic E-state index is 10.1. The Morgan fingerprint density at radius 3 is 2.00 bits per heavy atom. The van der Waals surface area contributed by atoms with E-state index in [-0.39, 0.29) is 0 Å². The molecule has 0 saturated heterocycles. The van der Waals surface area contributed by atoms with Crippen LogP contribution in [0, 0.1) is 11.3 Å². The lowest BCUT2D eigenvalue weighted by Crippen LogP contribution is -2.27. The van der Waals surface area contributed by atoms with Crippen molar-refractivity contribution in [2.75, 3.05) is 0 Å². The molecule has 2 rings (SSSR count). The second-order valence-corrected chi connectivity index (χ2v) is 11.2. The average Bonchev–Trinajstić information content (AvgIpc) is 2.53. The molecule has 126 valence electrons. The van der Waals surface area contributed by atoms with E-state index in [0.29, 0.717) is 15.6 Å². The molecule has 0 N–H and O–H groups in total. The van der Waals surface area contributed by atoms with Crippen molar-refractivity contribution in [3.63, 3.8) is 0 Å². The Morgan fingerprint density at radius 2 is 1.58 bits per heavy atom. The van der Waals surface area contributed by atoms with Gasteiger partial charge in [0.25, 0.3) is 0 Å². The van der Waals surface area contributed by atoms with Crippen LogP contribution in [-0.2, 0) is 4.43 Å². The molecule has 0 aromatic heterocycles. The lowest BCUT2D eigenvalue weighted by atomic mass is 10.1. The summed E-state index contributed by atoms with van der Waals surface area (Å²) in [5.41, 5.74) is 1.29. The molecular formula is C18H19Cl2NO2Si. The monoisotopic (exact) mass is 379 g/mol. The van der Waals surface area contributed by atoms with Crippen LogP contribution in [0.3, 0.4) is 0 Å². The second kappa shape index (κ2) is 9.60. The predicted molar refractivity (Wildman–Crippen MR) is 101 cm³/mol. The van der Waals surface area contributed by atoms with E-state index >= 15 is 0 Å². The average molecular weight is 380 g/mol. The number of rotatable bonds is 4. The zero-order valence-electron chi connectivity index (χ0n) is 13.8. The maximum Gasteiger partial charge on any atom is 0.186 e. The van der Waals surface area contributed by atoms with Crippen LogP contribution in [0.1, 0.15) is 22.0 Å². The van der Waals surface area contributed by atoms with Gasteiger partial charge >= 0.3 is 0 Å². The number of aldehydes is 1. The highest BCUT2D eigenvalue weighted by atomic mass is 35.5. The number of carbonyl (C=O) groups is 1. The van der Waals surface area contributed by atoms with Gasteiger partial charge in [0.05, 0.1) is 11.1 Å². The highest BCUT2D eigenvalue weighted by molar-refractivity contribution is 6.69. The SMILES string of the molecule is C[Si](C)(C)O[C@@H](C#N)c1ccccc1Cl.O=Cc1ccccc1Cl. The Morgan fingerprint density at radius 1 is 1.04 bits per heavy atom. The van der Waals surface area contributed by atoms with Crippen LogP contribution in [0.25, 0.3) is 0 Å². The first kappa shape index (κ1) is 20.4. The van der Waals surface area contributed by atoms with Crippen molar-refractivity contribution in [3.05, 3.63) is 69.7 Å². The molecule has 0 aliphatic carbocycles. The number of carbonyl (C=O) groups excluding carboxylic acids is 1. The molecule has 3 nitrogen and oxygen atoms in total. The smallest absolute Gasteiger partial charge is 0.186 e. The Bertz CT molecular complexity index is 723. The molecule has 0 aliphatic heterocycles. The van der Waals surface area contributed by atoms with Crippen LogP contribution >= 0.6 is 23.2 Å². The molecule has 1 atom stereocenters. The van der Waals surface area contributed by atoms with Gasteiger partial charge in [0.15, 0.2) is 20.7 Å². The van der Waals surface area contributed by atoms with Gasteiger partial charge in [0.2, 0.25) is 0 Å². The van der Waals surface area contributed by atoms with E-state index < -0.39 is 14.4 Å². The van der Waals surface area contributed by atoms with Crippen molar-refractivity contribution < 1.29 is 9.22 Å². The summed E-state index contributed by atoms with van der Waals surface area (Å²) in [5.74, 6) is 0. The van der Waals surface area contributed by atoms with Gasteiger partial charge in [-0.15, -0.1) is 0 Å². The van der Waals surface area contributed by atoms with Crippen molar-refractivity contribution in [1.82, 2.24) is 0 Å². The summed E-state index contributed by atoms with van der Waals surface area (Å²) in [6.07, 6.45) is 0.188. The van der Waals surface area contributed by atoms with E-state index in [2.05, 4.69) is 6.07 Å². The van der Waals surface area contributed by atoms with Gasteiger partial charge in [-0.1, -0.05) is 59.6 Å². The summed E-state index contributed by atoms with van der Waals surface area (Å²) in [6.45, 7) is 6.15. The van der Waals surface area contributed by atoms with Gasteiger partial charge < -0.3 is 4.43 Å². The first-order valence-corrected chi connectivity index (χ1v) is 11.5. The van der Waals surface area contributed by atoms with Crippen LogP contribution in [-0.4, -0.2) is 14.6 Å². The van der Waals surface area contributed by atoms with Crippen molar-refractivity contribution in [2.45, 2.75) is 25.7 Å². The Labute approximate surface area is 153 Å². The highest BCUT2D eigenvalue weighted by Crippen LogP contribution is 2.27. The molecule has 0 heterocycles. The van der Waals surface area contributed by atoms with Crippen molar-refractivity contribution in [2.24, 2.45) is 0 Å². The summed E-state index contributed by atoms with van der Waals surface area (Å²) in [7, 11) is -1.73. The normalized spacial score (nSPS) is 11.7. The number of benzene rings is 2.